The van der Waals surface area contributed by atoms with Crippen LogP contribution in [0.2, 0.25) is 0 Å². The van der Waals surface area contributed by atoms with E-state index >= 15 is 0 Å². The normalized spacial score (nSPS) is 19.6. The number of amides is 1. The minimum absolute atomic E-state index is 0.00891. The van der Waals surface area contributed by atoms with Gasteiger partial charge in [-0.25, -0.2) is 5.01 Å². The van der Waals surface area contributed by atoms with E-state index in [4.69, 9.17) is 10.6 Å². The molecule has 0 aromatic rings. The Morgan fingerprint density at radius 3 is 2.79 bits per heavy atom. The molecule has 1 amide bonds. The van der Waals surface area contributed by atoms with Crippen LogP contribution in [0.5, 0.6) is 0 Å². The molecule has 82 valence electrons. The van der Waals surface area contributed by atoms with Gasteiger partial charge in [0.25, 0.3) is 0 Å². The molecule has 0 aliphatic carbocycles. The zero-order valence-corrected chi connectivity index (χ0v) is 8.66. The SMILES string of the molecule is CC(=O)NCCOC1CCN(N)CC1. The molecule has 0 spiro atoms. The van der Waals surface area contributed by atoms with E-state index in [2.05, 4.69) is 5.32 Å². The molecule has 0 saturated carbocycles. The van der Waals surface area contributed by atoms with Gasteiger partial charge in [-0.05, 0) is 12.8 Å². The van der Waals surface area contributed by atoms with Crippen LogP contribution in [0.25, 0.3) is 0 Å². The van der Waals surface area contributed by atoms with Crippen molar-refractivity contribution in [3.63, 3.8) is 0 Å². The summed E-state index contributed by atoms with van der Waals surface area (Å²) >= 11 is 0. The molecule has 3 N–H and O–H groups in total. The zero-order valence-electron chi connectivity index (χ0n) is 8.66. The first-order valence-electron chi connectivity index (χ1n) is 5.04. The highest BCUT2D eigenvalue weighted by atomic mass is 16.5. The van der Waals surface area contributed by atoms with Crippen LogP contribution in [0.4, 0.5) is 0 Å². The summed E-state index contributed by atoms with van der Waals surface area (Å²) in [5.74, 6) is 5.60. The standard InChI is InChI=1S/C9H19N3O2/c1-8(13)11-4-7-14-9-2-5-12(10)6-3-9/h9H,2-7,10H2,1H3,(H,11,13). The molecule has 0 unspecified atom stereocenters. The molecule has 0 aromatic heterocycles. The first-order chi connectivity index (χ1) is 6.68. The summed E-state index contributed by atoms with van der Waals surface area (Å²) in [6, 6.07) is 0. The summed E-state index contributed by atoms with van der Waals surface area (Å²) in [6.07, 6.45) is 2.27. The fourth-order valence-electron chi connectivity index (χ4n) is 1.50. The lowest BCUT2D eigenvalue weighted by Gasteiger charge is -2.28. The smallest absolute Gasteiger partial charge is 0.216 e. The molecule has 5 heteroatoms. The minimum atomic E-state index is -0.00891. The summed E-state index contributed by atoms with van der Waals surface area (Å²) in [4.78, 5) is 10.5. The number of rotatable bonds is 4. The molecule has 1 fully saturated rings. The zero-order chi connectivity index (χ0) is 10.4. The van der Waals surface area contributed by atoms with E-state index in [0.717, 1.165) is 25.9 Å². The van der Waals surface area contributed by atoms with Crippen molar-refractivity contribution in [2.24, 2.45) is 5.84 Å². The number of nitrogens with one attached hydrogen (secondary N) is 1. The fraction of sp³-hybridized carbons (Fsp3) is 0.889. The number of hydrazine groups is 1. The van der Waals surface area contributed by atoms with Crippen molar-refractivity contribution < 1.29 is 9.53 Å². The van der Waals surface area contributed by atoms with Crippen molar-refractivity contribution >= 4 is 5.91 Å². The van der Waals surface area contributed by atoms with Gasteiger partial charge >= 0.3 is 0 Å². The summed E-state index contributed by atoms with van der Waals surface area (Å²) in [7, 11) is 0. The predicted molar refractivity (Wildman–Crippen MR) is 53.4 cm³/mol. The largest absolute Gasteiger partial charge is 0.376 e. The quantitative estimate of drug-likeness (QED) is 0.474. The molecule has 1 heterocycles. The highest BCUT2D eigenvalue weighted by molar-refractivity contribution is 5.72. The lowest BCUT2D eigenvalue weighted by molar-refractivity contribution is -0.119. The van der Waals surface area contributed by atoms with Gasteiger partial charge in [-0.1, -0.05) is 0 Å². The van der Waals surface area contributed by atoms with Crippen molar-refractivity contribution in [3.05, 3.63) is 0 Å². The Morgan fingerprint density at radius 2 is 2.21 bits per heavy atom. The summed E-state index contributed by atoms with van der Waals surface area (Å²) in [5, 5.41) is 4.51. The molecule has 0 atom stereocenters. The molecule has 1 rings (SSSR count). The van der Waals surface area contributed by atoms with E-state index in [1.165, 1.54) is 6.92 Å². The topological polar surface area (TPSA) is 67.6 Å². The summed E-state index contributed by atoms with van der Waals surface area (Å²) < 4.78 is 5.58. The van der Waals surface area contributed by atoms with Crippen LogP contribution in [0.1, 0.15) is 19.8 Å². The third-order valence-corrected chi connectivity index (χ3v) is 2.31. The van der Waals surface area contributed by atoms with E-state index in [1.807, 2.05) is 5.01 Å². The van der Waals surface area contributed by atoms with Gasteiger partial charge in [-0.3, -0.25) is 10.6 Å². The Bertz CT molecular complexity index is 179. The van der Waals surface area contributed by atoms with Crippen molar-refractivity contribution in [1.29, 1.82) is 0 Å². The van der Waals surface area contributed by atoms with Gasteiger partial charge in [0.2, 0.25) is 5.91 Å². The number of nitrogens with two attached hydrogens (primary N) is 1. The lowest BCUT2D eigenvalue weighted by Crippen LogP contribution is -2.41. The van der Waals surface area contributed by atoms with Crippen molar-refractivity contribution in [2.75, 3.05) is 26.2 Å². The molecule has 0 bridgehead atoms. The molecule has 14 heavy (non-hydrogen) atoms. The highest BCUT2D eigenvalue weighted by Crippen LogP contribution is 2.10. The van der Waals surface area contributed by atoms with Crippen LogP contribution in [0.15, 0.2) is 0 Å². The van der Waals surface area contributed by atoms with Gasteiger partial charge in [0.1, 0.15) is 0 Å². The van der Waals surface area contributed by atoms with Gasteiger partial charge in [0, 0.05) is 26.6 Å². The van der Waals surface area contributed by atoms with Gasteiger partial charge in [0.05, 0.1) is 12.7 Å². The first kappa shape index (κ1) is 11.4. The Morgan fingerprint density at radius 1 is 1.57 bits per heavy atom. The maximum Gasteiger partial charge on any atom is 0.216 e. The molecule has 5 nitrogen and oxygen atoms in total. The molecule has 1 saturated heterocycles. The average molecular weight is 201 g/mol. The second-order valence-corrected chi connectivity index (χ2v) is 3.59. The fourth-order valence-corrected chi connectivity index (χ4v) is 1.50. The van der Waals surface area contributed by atoms with Gasteiger partial charge in [-0.15, -0.1) is 0 Å². The van der Waals surface area contributed by atoms with Crippen LogP contribution in [-0.2, 0) is 9.53 Å². The third kappa shape index (κ3) is 4.55. The molecule has 1 aliphatic heterocycles. The van der Waals surface area contributed by atoms with Crippen LogP contribution in [-0.4, -0.2) is 43.3 Å². The maximum absolute atomic E-state index is 10.5. The van der Waals surface area contributed by atoms with Gasteiger partial charge in [-0.2, -0.15) is 0 Å². The van der Waals surface area contributed by atoms with Crippen molar-refractivity contribution in [1.82, 2.24) is 10.3 Å². The molecule has 0 aromatic carbocycles. The number of carbonyl (C=O) groups is 1. The van der Waals surface area contributed by atoms with Crippen molar-refractivity contribution in [3.8, 4) is 0 Å². The number of carbonyl (C=O) groups excluding carboxylic acids is 1. The predicted octanol–water partition coefficient (Wildman–Crippen LogP) is -0.523. The Kier molecular flexibility index (Phi) is 4.86. The Balaban J connectivity index is 1.99. The van der Waals surface area contributed by atoms with Crippen LogP contribution < -0.4 is 11.2 Å². The van der Waals surface area contributed by atoms with Crippen molar-refractivity contribution in [2.45, 2.75) is 25.9 Å². The van der Waals surface area contributed by atoms with Gasteiger partial charge < -0.3 is 10.1 Å². The minimum Gasteiger partial charge on any atom is -0.376 e. The first-order valence-corrected chi connectivity index (χ1v) is 5.04. The van der Waals surface area contributed by atoms with Crippen LogP contribution >= 0.6 is 0 Å². The number of hydrogen-bond donors (Lipinski definition) is 2. The maximum atomic E-state index is 10.5. The van der Waals surface area contributed by atoms with E-state index < -0.39 is 0 Å². The summed E-state index contributed by atoms with van der Waals surface area (Å²) in [5.41, 5.74) is 0. The number of ether oxygens (including phenoxy) is 1. The molecular formula is C9H19N3O2. The Hall–Kier alpha value is -0.650. The molecule has 0 radical (unpaired) electrons. The van der Waals surface area contributed by atoms with Crippen LogP contribution in [0.3, 0.4) is 0 Å². The molecule has 1 aliphatic rings. The van der Waals surface area contributed by atoms with E-state index in [1.54, 1.807) is 0 Å². The highest BCUT2D eigenvalue weighted by Gasteiger charge is 2.16. The second-order valence-electron chi connectivity index (χ2n) is 3.59. The lowest BCUT2D eigenvalue weighted by atomic mass is 10.1. The number of hydrogen-bond acceptors (Lipinski definition) is 4. The summed E-state index contributed by atoms with van der Waals surface area (Å²) in [6.45, 7) is 4.48. The third-order valence-electron chi connectivity index (χ3n) is 2.31. The monoisotopic (exact) mass is 201 g/mol. The molecular weight excluding hydrogens is 182 g/mol. The van der Waals surface area contributed by atoms with E-state index in [9.17, 15) is 4.79 Å². The van der Waals surface area contributed by atoms with Crippen LogP contribution in [0, 0.1) is 0 Å². The number of piperidine rings is 1. The Labute approximate surface area is 84.5 Å². The second kappa shape index (κ2) is 5.95. The van der Waals surface area contributed by atoms with E-state index in [-0.39, 0.29) is 5.91 Å². The number of nitrogens with zero attached hydrogens (tertiary/aromatic N) is 1. The average Bonchev–Trinajstić information content (AvgIpc) is 2.15. The van der Waals surface area contributed by atoms with Gasteiger partial charge in [0.15, 0.2) is 0 Å². The van der Waals surface area contributed by atoms with E-state index in [0.29, 0.717) is 19.3 Å².